The number of aliphatic hydroxyl groups is 1. The van der Waals surface area contributed by atoms with Gasteiger partial charge in [0, 0.05) is 0 Å². The van der Waals surface area contributed by atoms with Gasteiger partial charge in [-0.1, -0.05) is 0 Å². The van der Waals surface area contributed by atoms with Gasteiger partial charge in [-0.15, -0.1) is 0 Å². The van der Waals surface area contributed by atoms with E-state index in [4.69, 9.17) is 4.98 Å². The molecule has 3 fully saturated rings. The number of aromatic nitrogens is 2. The van der Waals surface area contributed by atoms with Gasteiger partial charge in [0.05, 0.1) is 0 Å². The fraction of sp³-hybridized carbons (Fsp3) is 0.571. The Bertz CT molecular complexity index is 1500. The zero-order valence-corrected chi connectivity index (χ0v) is 26.4. The number of hydrogen-bond acceptors (Lipinski definition) is 4. The van der Waals surface area contributed by atoms with Crippen LogP contribution in [-0.2, 0) is 0 Å². The molecule has 3 unspecified atom stereocenters. The molecule has 1 spiro atoms. The molecule has 2 N–H and O–H groups in total. The van der Waals surface area contributed by atoms with Crippen molar-refractivity contribution in [1.29, 1.82) is 0 Å². The third-order valence-corrected chi connectivity index (χ3v) is 15.4. The van der Waals surface area contributed by atoms with Gasteiger partial charge in [0.2, 0.25) is 0 Å². The minimum atomic E-state index is -0.819. The van der Waals surface area contributed by atoms with Gasteiger partial charge in [-0.25, -0.2) is 0 Å². The van der Waals surface area contributed by atoms with Crippen LogP contribution in [0.2, 0.25) is 0 Å². The predicted octanol–water partition coefficient (Wildman–Crippen LogP) is 3.49. The standard InChI is InChI=1S/C35H44IN4O/c41-34-18-10-4-1-2-5-11-20-39-22-17-28(35(24-39)33(34)40-21-12-6-3-7-15-30(40)36-35)27(23-34)31-32-26(16-19-37-31)25-13-8-9-14-29(25)38-32/h7-9,13-16,19,23,28,30,33,38,41H,1-6,10-12,17-18,20-22,24H2/q-1/t28-,30?,33-,34-,35?/m0/s1. The van der Waals surface area contributed by atoms with Crippen LogP contribution in [0.25, 0.3) is 27.4 Å². The summed E-state index contributed by atoms with van der Waals surface area (Å²) in [6, 6.07) is 11.0. The fourth-order valence-electron chi connectivity index (χ4n) is 9.03. The Hall–Kier alpha value is -1.74. The molecule has 218 valence electrons. The van der Waals surface area contributed by atoms with E-state index in [2.05, 4.69) is 63.3 Å². The van der Waals surface area contributed by atoms with Crippen molar-refractivity contribution >= 4 is 27.4 Å². The van der Waals surface area contributed by atoms with Crippen molar-refractivity contribution in [3.8, 4) is 0 Å². The van der Waals surface area contributed by atoms with E-state index in [9.17, 15) is 5.11 Å². The van der Waals surface area contributed by atoms with E-state index >= 15 is 0 Å². The van der Waals surface area contributed by atoms with Crippen LogP contribution in [0.4, 0.5) is 0 Å². The number of halogens is 1. The van der Waals surface area contributed by atoms with Crippen LogP contribution < -0.4 is 21.2 Å². The van der Waals surface area contributed by atoms with Crippen molar-refractivity contribution in [1.82, 2.24) is 19.8 Å². The molecule has 8 rings (SSSR count). The number of aromatic amines is 1. The number of allylic oxidation sites excluding steroid dienone is 2. The summed E-state index contributed by atoms with van der Waals surface area (Å²) in [5.74, 6) is 0.452. The van der Waals surface area contributed by atoms with Gasteiger partial charge in [0.25, 0.3) is 0 Å². The number of rotatable bonds is 1. The van der Waals surface area contributed by atoms with Crippen LogP contribution >= 0.6 is 0 Å². The Kier molecular flexibility index (Phi) is 7.05. The molecule has 6 heterocycles. The second-order valence-electron chi connectivity index (χ2n) is 13.3. The van der Waals surface area contributed by atoms with E-state index in [0.29, 0.717) is 9.97 Å². The summed E-state index contributed by atoms with van der Waals surface area (Å²) < 4.78 is 0.671. The monoisotopic (exact) mass is 663 g/mol. The average Bonchev–Trinajstić information content (AvgIpc) is 3.49. The second kappa shape index (κ2) is 10.8. The molecular weight excluding hydrogens is 619 g/mol. The quantitative estimate of drug-likeness (QED) is 0.181. The molecule has 3 bridgehead atoms. The molecule has 1 aromatic carbocycles. The van der Waals surface area contributed by atoms with E-state index < -0.39 is 5.60 Å². The van der Waals surface area contributed by atoms with Gasteiger partial charge in [-0.2, -0.15) is 0 Å². The zero-order chi connectivity index (χ0) is 27.4. The molecule has 6 atom stereocenters. The van der Waals surface area contributed by atoms with Crippen LogP contribution in [0.1, 0.15) is 76.3 Å². The SMILES string of the molecule is O[C@]12C=C(c3nccc4c3[nH]c3ccccc34)[C@@H]3CCN(CCCCCCCC1)CC31[I-]C3C=CCCCCN3[C@H]12. The summed E-state index contributed by atoms with van der Waals surface area (Å²) in [5.41, 5.74) is 3.94. The Morgan fingerprint density at radius 1 is 0.927 bits per heavy atom. The Morgan fingerprint density at radius 3 is 2.73 bits per heavy atom. The number of hydrogen-bond donors (Lipinski definition) is 2. The van der Waals surface area contributed by atoms with Crippen molar-refractivity contribution in [3.63, 3.8) is 0 Å². The molecule has 3 aromatic rings. The van der Waals surface area contributed by atoms with Crippen molar-refractivity contribution in [2.24, 2.45) is 5.92 Å². The molecule has 4 aliphatic heterocycles. The van der Waals surface area contributed by atoms with Gasteiger partial charge in [0.15, 0.2) is 0 Å². The van der Waals surface area contributed by atoms with Crippen LogP contribution in [0, 0.1) is 5.92 Å². The van der Waals surface area contributed by atoms with Crippen molar-refractivity contribution in [2.75, 3.05) is 26.2 Å². The third kappa shape index (κ3) is 4.46. The number of fused-ring (bicyclic) bond motifs is 5. The number of alkyl halides is 2. The topological polar surface area (TPSA) is 55.4 Å². The molecule has 1 aliphatic carbocycles. The Labute approximate surface area is 254 Å². The molecule has 6 heteroatoms. The van der Waals surface area contributed by atoms with Gasteiger partial charge >= 0.3 is 256 Å². The fourth-order valence-corrected chi connectivity index (χ4v) is 14.7. The van der Waals surface area contributed by atoms with Crippen LogP contribution in [0.5, 0.6) is 0 Å². The van der Waals surface area contributed by atoms with Crippen molar-refractivity contribution in [2.45, 2.75) is 89.7 Å². The molecule has 3 saturated heterocycles. The number of para-hydroxylation sites is 1. The second-order valence-corrected chi connectivity index (χ2v) is 17.2. The minimum absolute atomic E-state index is 0.138. The average molecular weight is 664 g/mol. The number of piperidine rings is 1. The molecule has 2 aromatic heterocycles. The van der Waals surface area contributed by atoms with Crippen molar-refractivity contribution < 1.29 is 26.3 Å². The summed E-state index contributed by atoms with van der Waals surface area (Å²) in [6.45, 7) is 4.68. The number of benzene rings is 1. The van der Waals surface area contributed by atoms with E-state index in [-0.39, 0.29) is 30.7 Å². The van der Waals surface area contributed by atoms with Crippen LogP contribution in [0.15, 0.2) is 54.8 Å². The van der Waals surface area contributed by atoms with Crippen LogP contribution in [0.3, 0.4) is 0 Å². The van der Waals surface area contributed by atoms with E-state index in [1.807, 2.05) is 6.20 Å². The molecule has 5 nitrogen and oxygen atoms in total. The first kappa shape index (κ1) is 26.9. The summed E-state index contributed by atoms with van der Waals surface area (Å²) >= 11 is -0.220. The first-order chi connectivity index (χ1) is 20.2. The summed E-state index contributed by atoms with van der Waals surface area (Å²) in [6.07, 6.45) is 22.8. The maximum absolute atomic E-state index is 13.1. The first-order valence-electron chi connectivity index (χ1n) is 16.3. The molecule has 0 amide bonds. The number of pyridine rings is 1. The molecule has 5 aliphatic rings. The number of H-pyrrole nitrogens is 1. The molecule has 0 radical (unpaired) electrons. The van der Waals surface area contributed by atoms with Gasteiger partial charge in [-0.3, -0.25) is 0 Å². The van der Waals surface area contributed by atoms with Crippen LogP contribution in [-0.4, -0.2) is 70.2 Å². The molecule has 0 saturated carbocycles. The molecular formula is C35H44IN4O-. The summed E-state index contributed by atoms with van der Waals surface area (Å²) in [4.78, 5) is 14.5. The van der Waals surface area contributed by atoms with Crippen molar-refractivity contribution in [3.05, 3.63) is 60.5 Å². The molecule has 41 heavy (non-hydrogen) atoms. The van der Waals surface area contributed by atoms with Gasteiger partial charge < -0.3 is 0 Å². The summed E-state index contributed by atoms with van der Waals surface area (Å²) in [7, 11) is 0. The summed E-state index contributed by atoms with van der Waals surface area (Å²) in [5, 5.41) is 15.6. The maximum atomic E-state index is 13.1. The Balaban J connectivity index is 1.34. The first-order valence-corrected chi connectivity index (χ1v) is 18.6. The van der Waals surface area contributed by atoms with Gasteiger partial charge in [-0.05, 0) is 0 Å². The van der Waals surface area contributed by atoms with E-state index in [1.54, 1.807) is 0 Å². The third-order valence-electron chi connectivity index (χ3n) is 10.8. The number of nitrogens with one attached hydrogen (secondary N) is 1. The van der Waals surface area contributed by atoms with E-state index in [1.165, 1.54) is 92.7 Å². The Morgan fingerprint density at radius 2 is 1.78 bits per heavy atom. The normalized spacial score (nSPS) is 36.7. The predicted molar refractivity (Wildman–Crippen MR) is 163 cm³/mol. The number of nitrogens with zero attached hydrogens (tertiary/aromatic N) is 3. The van der Waals surface area contributed by atoms with Gasteiger partial charge in [0.1, 0.15) is 0 Å². The van der Waals surface area contributed by atoms with E-state index in [0.717, 1.165) is 37.1 Å². The zero-order valence-electron chi connectivity index (χ0n) is 24.2.